The zero-order valence-electron chi connectivity index (χ0n) is 25.5. The lowest BCUT2D eigenvalue weighted by molar-refractivity contribution is -0.127. The number of rotatable bonds is 10. The largest absolute Gasteiger partial charge is 0.465 e. The Balaban J connectivity index is 1.76. The maximum atomic E-state index is 14.1. The summed E-state index contributed by atoms with van der Waals surface area (Å²) in [6.07, 6.45) is 5.26. The number of aliphatic imine (C=N–C) groups is 1. The fourth-order valence-corrected chi connectivity index (χ4v) is 5.71. The van der Waals surface area contributed by atoms with Crippen LogP contribution in [-0.4, -0.2) is 47.8 Å². The van der Waals surface area contributed by atoms with Crippen LogP contribution in [-0.2, 0) is 15.1 Å². The van der Waals surface area contributed by atoms with E-state index in [0.29, 0.717) is 41.4 Å². The Kier molecular flexibility index (Phi) is 9.65. The van der Waals surface area contributed by atoms with Gasteiger partial charge in [-0.2, -0.15) is 0 Å². The summed E-state index contributed by atoms with van der Waals surface area (Å²) in [6, 6.07) is 32.3. The summed E-state index contributed by atoms with van der Waals surface area (Å²) >= 11 is 0. The molecule has 5 rings (SSSR count). The summed E-state index contributed by atoms with van der Waals surface area (Å²) in [5.41, 5.74) is 4.02. The second kappa shape index (κ2) is 14.0. The van der Waals surface area contributed by atoms with Gasteiger partial charge < -0.3 is 15.0 Å². The Morgan fingerprint density at radius 1 is 0.864 bits per heavy atom. The number of amides is 1. The zero-order valence-corrected chi connectivity index (χ0v) is 25.5. The van der Waals surface area contributed by atoms with Crippen LogP contribution in [0, 0.1) is 0 Å². The number of carbonyl (C=O) groups is 2. The van der Waals surface area contributed by atoms with E-state index < -0.39 is 11.5 Å². The molecule has 0 unspecified atom stereocenters. The molecule has 4 aromatic rings. The predicted molar refractivity (Wildman–Crippen MR) is 176 cm³/mol. The lowest BCUT2D eigenvalue weighted by Crippen LogP contribution is -2.35. The van der Waals surface area contributed by atoms with Gasteiger partial charge in [0.15, 0.2) is 0 Å². The molecule has 0 atom stereocenters. The number of aromatic nitrogens is 1. The van der Waals surface area contributed by atoms with Gasteiger partial charge in [-0.3, -0.25) is 14.8 Å². The molecule has 0 saturated heterocycles. The molecule has 1 amide bonds. The fraction of sp³-hybridized carbons (Fsp3) is 0.243. The smallest absolute Gasteiger partial charge is 0.339 e. The molecule has 0 radical (unpaired) electrons. The first kappa shape index (κ1) is 30.4. The number of hydrogen-bond acceptors (Lipinski definition) is 5. The fourth-order valence-electron chi connectivity index (χ4n) is 5.71. The van der Waals surface area contributed by atoms with Crippen molar-refractivity contribution in [1.29, 1.82) is 0 Å². The molecule has 2 heterocycles. The van der Waals surface area contributed by atoms with Crippen LogP contribution in [0.2, 0.25) is 0 Å². The van der Waals surface area contributed by atoms with Crippen molar-refractivity contribution in [2.75, 3.05) is 25.5 Å². The molecule has 7 heteroatoms. The van der Waals surface area contributed by atoms with Crippen LogP contribution in [0.4, 0.5) is 5.69 Å². The van der Waals surface area contributed by atoms with Crippen LogP contribution in [0.15, 0.2) is 114 Å². The number of nitrogens with one attached hydrogen (secondary N) is 1. The van der Waals surface area contributed by atoms with E-state index in [-0.39, 0.29) is 12.3 Å². The highest BCUT2D eigenvalue weighted by molar-refractivity contribution is 6.10. The van der Waals surface area contributed by atoms with E-state index in [0.717, 1.165) is 29.5 Å². The molecule has 44 heavy (non-hydrogen) atoms. The molecule has 1 N–H and O–H groups in total. The van der Waals surface area contributed by atoms with E-state index in [2.05, 4.69) is 60.5 Å². The van der Waals surface area contributed by atoms with Gasteiger partial charge in [0.1, 0.15) is 11.4 Å². The highest BCUT2D eigenvalue weighted by Crippen LogP contribution is 2.41. The molecular weight excluding hydrogens is 548 g/mol. The van der Waals surface area contributed by atoms with E-state index in [1.165, 1.54) is 13.3 Å². The van der Waals surface area contributed by atoms with E-state index in [9.17, 15) is 9.59 Å². The van der Waals surface area contributed by atoms with Gasteiger partial charge in [0, 0.05) is 31.3 Å². The third-order valence-corrected chi connectivity index (χ3v) is 7.71. The quantitative estimate of drug-likeness (QED) is 0.158. The summed E-state index contributed by atoms with van der Waals surface area (Å²) in [4.78, 5) is 38.6. The summed E-state index contributed by atoms with van der Waals surface area (Å²) in [5.74, 6) is 0.0469. The second-order valence-corrected chi connectivity index (χ2v) is 10.8. The van der Waals surface area contributed by atoms with Crippen molar-refractivity contribution >= 4 is 29.5 Å². The minimum Gasteiger partial charge on any atom is -0.465 e. The molecule has 7 nitrogen and oxygen atoms in total. The topological polar surface area (TPSA) is 83.9 Å². The normalized spacial score (nSPS) is 13.7. The van der Waals surface area contributed by atoms with Gasteiger partial charge in [-0.1, -0.05) is 105 Å². The maximum Gasteiger partial charge on any atom is 0.339 e. The molecule has 0 aliphatic carbocycles. The molecule has 0 bridgehead atoms. The number of fused-ring (bicyclic) bond motifs is 1. The van der Waals surface area contributed by atoms with E-state index in [1.54, 1.807) is 6.07 Å². The van der Waals surface area contributed by atoms with Crippen molar-refractivity contribution in [2.24, 2.45) is 4.99 Å². The van der Waals surface area contributed by atoms with Gasteiger partial charge in [-0.15, -0.1) is 0 Å². The number of esters is 1. The Morgan fingerprint density at radius 3 is 1.86 bits per heavy atom. The first-order valence-electron chi connectivity index (χ1n) is 15.1. The summed E-state index contributed by atoms with van der Waals surface area (Å²) in [7, 11) is 1.34. The number of benzene rings is 3. The van der Waals surface area contributed by atoms with Crippen molar-refractivity contribution in [1.82, 2.24) is 9.88 Å². The van der Waals surface area contributed by atoms with Crippen molar-refractivity contribution in [2.45, 2.75) is 38.6 Å². The minimum absolute atomic E-state index is 0.0420. The van der Waals surface area contributed by atoms with Gasteiger partial charge in [-0.25, -0.2) is 4.79 Å². The van der Waals surface area contributed by atoms with Gasteiger partial charge >= 0.3 is 5.97 Å². The molecule has 1 aliphatic rings. The highest BCUT2D eigenvalue weighted by atomic mass is 16.5. The lowest BCUT2D eigenvalue weighted by Gasteiger charge is -2.33. The number of ether oxygens (including phenoxy) is 1. The molecule has 3 aromatic carbocycles. The Hall–Kier alpha value is -5.04. The SMILES string of the molecule is CCCN(CCC)C(=O)C1=Cc2ncc(C(=O)OC)cc2NC(=NC(c2ccccc2)(c2ccccc2)c2ccccc2)C1. The molecule has 1 aliphatic heterocycles. The van der Waals surface area contributed by atoms with Crippen molar-refractivity contribution in [3.63, 3.8) is 0 Å². The summed E-state index contributed by atoms with van der Waals surface area (Å²) < 4.78 is 4.97. The number of carbonyl (C=O) groups excluding carboxylic acids is 2. The minimum atomic E-state index is -0.940. The van der Waals surface area contributed by atoms with Crippen LogP contribution < -0.4 is 5.32 Å². The highest BCUT2D eigenvalue weighted by Gasteiger charge is 2.37. The van der Waals surface area contributed by atoms with E-state index in [1.807, 2.05) is 65.6 Å². The predicted octanol–water partition coefficient (Wildman–Crippen LogP) is 7.11. The Labute approximate surface area is 259 Å². The lowest BCUT2D eigenvalue weighted by atomic mass is 9.77. The number of nitrogens with zero attached hydrogens (tertiary/aromatic N) is 3. The third kappa shape index (κ3) is 6.32. The van der Waals surface area contributed by atoms with Crippen LogP contribution in [0.25, 0.3) is 6.08 Å². The molecule has 1 aromatic heterocycles. The standard InChI is InChI=1S/C37H38N4O3/c1-4-21-41(22-5-2)35(42)27-23-32-33(24-28(26-38-32)36(43)44-3)39-34(25-27)40-37(29-15-9-6-10-16-29,30-17-11-7-12-18-30)31-19-13-8-14-20-31/h6-20,23-24,26H,4-5,21-22,25H2,1-3H3,(H,39,40). The average molecular weight is 587 g/mol. The number of anilines is 1. The molecule has 0 spiro atoms. The van der Waals surface area contributed by atoms with Gasteiger partial charge in [0.25, 0.3) is 0 Å². The summed E-state index contributed by atoms with van der Waals surface area (Å²) in [6.45, 7) is 5.47. The van der Waals surface area contributed by atoms with Gasteiger partial charge in [0.05, 0.1) is 24.1 Å². The molecule has 224 valence electrons. The van der Waals surface area contributed by atoms with Crippen molar-refractivity contribution in [3.8, 4) is 0 Å². The number of amidine groups is 1. The molecular formula is C37H38N4O3. The van der Waals surface area contributed by atoms with Gasteiger partial charge in [0.2, 0.25) is 5.91 Å². The van der Waals surface area contributed by atoms with E-state index in [4.69, 9.17) is 9.73 Å². The first-order valence-corrected chi connectivity index (χ1v) is 15.1. The maximum absolute atomic E-state index is 14.1. The number of hydrogen-bond donors (Lipinski definition) is 1. The zero-order chi connectivity index (χ0) is 30.9. The third-order valence-electron chi connectivity index (χ3n) is 7.71. The van der Waals surface area contributed by atoms with Gasteiger partial charge in [-0.05, 0) is 41.7 Å². The number of pyridine rings is 1. The van der Waals surface area contributed by atoms with Crippen LogP contribution in [0.3, 0.4) is 0 Å². The van der Waals surface area contributed by atoms with E-state index >= 15 is 0 Å². The average Bonchev–Trinajstić information content (AvgIpc) is 3.26. The monoisotopic (exact) mass is 586 g/mol. The Morgan fingerprint density at radius 2 is 1.39 bits per heavy atom. The Bertz CT molecular complexity index is 1550. The van der Waals surface area contributed by atoms with Crippen LogP contribution in [0.5, 0.6) is 0 Å². The first-order chi connectivity index (χ1) is 21.5. The summed E-state index contributed by atoms with van der Waals surface area (Å²) in [5, 5.41) is 3.49. The van der Waals surface area contributed by atoms with Crippen LogP contribution >= 0.6 is 0 Å². The second-order valence-electron chi connectivity index (χ2n) is 10.8. The molecule has 0 fully saturated rings. The molecule has 0 saturated carbocycles. The van der Waals surface area contributed by atoms with Crippen molar-refractivity contribution in [3.05, 3.63) is 137 Å². The van der Waals surface area contributed by atoms with Crippen molar-refractivity contribution < 1.29 is 14.3 Å². The number of methoxy groups -OCH3 is 1. The van der Waals surface area contributed by atoms with Crippen LogP contribution in [0.1, 0.15) is 65.9 Å².